The fourth-order valence-electron chi connectivity index (χ4n) is 5.02. The van der Waals surface area contributed by atoms with E-state index >= 15 is 0 Å². The number of amides is 1. The maximum Gasteiger partial charge on any atom is 0.238 e. The summed E-state index contributed by atoms with van der Waals surface area (Å²) in [4.78, 5) is 17.0. The van der Waals surface area contributed by atoms with Crippen molar-refractivity contribution >= 4 is 27.1 Å². The lowest BCUT2D eigenvalue weighted by atomic mass is 10.1. The molecule has 4 rings (SSSR count). The molecule has 0 spiro atoms. The first-order chi connectivity index (χ1) is 15.1. The van der Waals surface area contributed by atoms with Gasteiger partial charge in [0.05, 0.1) is 41.2 Å². The molecule has 32 heavy (non-hydrogen) atoms. The molecular weight excluding hydrogens is 426 g/mol. The minimum Gasteiger partial charge on any atom is -0.366 e. The van der Waals surface area contributed by atoms with Crippen molar-refractivity contribution in [3.05, 3.63) is 40.7 Å². The monoisotopic (exact) mass is 459 g/mol. The largest absolute Gasteiger partial charge is 0.366 e. The van der Waals surface area contributed by atoms with Crippen molar-refractivity contribution in [2.75, 3.05) is 54.4 Å². The standard InChI is InChI=1S/C23H33N5O3S/c1-16-11-17(2)13-20(12-16)24-22(29)14-26-6-8-27(9-7-26)23-18(3)25-28(19(23)4)21-5-10-32(30,31)15-21/h11-13,21H,5-10,14-15H2,1-4H3,(H,24,29). The summed E-state index contributed by atoms with van der Waals surface area (Å²) in [5, 5.41) is 7.71. The summed E-state index contributed by atoms with van der Waals surface area (Å²) < 4.78 is 25.7. The van der Waals surface area contributed by atoms with E-state index < -0.39 is 9.84 Å². The van der Waals surface area contributed by atoms with Gasteiger partial charge in [-0.25, -0.2) is 8.42 Å². The Morgan fingerprint density at radius 1 is 1.06 bits per heavy atom. The number of carbonyl (C=O) groups excluding carboxylic acids is 1. The van der Waals surface area contributed by atoms with Gasteiger partial charge >= 0.3 is 0 Å². The molecule has 2 saturated heterocycles. The molecule has 1 aromatic carbocycles. The maximum atomic E-state index is 12.5. The normalized spacial score (nSPS) is 21.1. The van der Waals surface area contributed by atoms with Crippen molar-refractivity contribution in [3.63, 3.8) is 0 Å². The van der Waals surface area contributed by atoms with E-state index in [1.54, 1.807) is 0 Å². The van der Waals surface area contributed by atoms with Crippen LogP contribution in [0.5, 0.6) is 0 Å². The van der Waals surface area contributed by atoms with E-state index in [1.165, 1.54) is 0 Å². The Balaban J connectivity index is 1.35. The molecule has 0 saturated carbocycles. The lowest BCUT2D eigenvalue weighted by molar-refractivity contribution is -0.117. The van der Waals surface area contributed by atoms with Crippen LogP contribution in [0.15, 0.2) is 18.2 Å². The maximum absolute atomic E-state index is 12.5. The highest BCUT2D eigenvalue weighted by Crippen LogP contribution is 2.31. The van der Waals surface area contributed by atoms with E-state index in [4.69, 9.17) is 5.10 Å². The Bertz CT molecular complexity index is 1100. The van der Waals surface area contributed by atoms with Gasteiger partial charge in [-0.3, -0.25) is 14.4 Å². The number of nitrogens with zero attached hydrogens (tertiary/aromatic N) is 4. The van der Waals surface area contributed by atoms with Crippen LogP contribution >= 0.6 is 0 Å². The van der Waals surface area contributed by atoms with Crippen molar-refractivity contribution < 1.29 is 13.2 Å². The molecule has 0 aliphatic carbocycles. The molecule has 174 valence electrons. The van der Waals surface area contributed by atoms with Crippen molar-refractivity contribution in [2.45, 2.75) is 40.2 Å². The third kappa shape index (κ3) is 4.99. The predicted molar refractivity (Wildman–Crippen MR) is 127 cm³/mol. The van der Waals surface area contributed by atoms with Crippen molar-refractivity contribution in [1.82, 2.24) is 14.7 Å². The van der Waals surface area contributed by atoms with Gasteiger partial charge in [-0.05, 0) is 57.4 Å². The minimum atomic E-state index is -2.95. The Labute approximate surface area is 190 Å². The van der Waals surface area contributed by atoms with E-state index in [9.17, 15) is 13.2 Å². The number of carbonyl (C=O) groups is 1. The smallest absolute Gasteiger partial charge is 0.238 e. The summed E-state index contributed by atoms with van der Waals surface area (Å²) in [5.41, 5.74) is 6.19. The molecule has 0 bridgehead atoms. The van der Waals surface area contributed by atoms with E-state index in [2.05, 4.69) is 21.2 Å². The lowest BCUT2D eigenvalue weighted by Crippen LogP contribution is -2.49. The molecule has 0 radical (unpaired) electrons. The van der Waals surface area contributed by atoms with E-state index in [0.717, 1.165) is 60.1 Å². The number of sulfone groups is 1. The molecule has 1 unspecified atom stereocenters. The molecule has 2 aliphatic rings. The van der Waals surface area contributed by atoms with E-state index in [0.29, 0.717) is 13.0 Å². The molecule has 1 N–H and O–H groups in total. The summed E-state index contributed by atoms with van der Waals surface area (Å²) in [7, 11) is -2.95. The fourth-order valence-corrected chi connectivity index (χ4v) is 6.71. The van der Waals surface area contributed by atoms with Crippen LogP contribution in [-0.2, 0) is 14.6 Å². The Morgan fingerprint density at radius 3 is 2.31 bits per heavy atom. The molecule has 1 aromatic heterocycles. The highest BCUT2D eigenvalue weighted by molar-refractivity contribution is 7.91. The van der Waals surface area contributed by atoms with Gasteiger partial charge in [-0.1, -0.05) is 6.07 Å². The fraction of sp³-hybridized carbons (Fsp3) is 0.565. The Kier molecular flexibility index (Phi) is 6.31. The number of benzene rings is 1. The van der Waals surface area contributed by atoms with Gasteiger partial charge in [0.2, 0.25) is 5.91 Å². The highest BCUT2D eigenvalue weighted by Gasteiger charge is 2.32. The average Bonchev–Trinajstić information content (AvgIpc) is 3.20. The van der Waals surface area contributed by atoms with Gasteiger partial charge < -0.3 is 10.2 Å². The zero-order valence-corrected chi connectivity index (χ0v) is 20.2. The van der Waals surface area contributed by atoms with Crippen LogP contribution in [0.3, 0.4) is 0 Å². The van der Waals surface area contributed by atoms with Crippen molar-refractivity contribution in [3.8, 4) is 0 Å². The quantitative estimate of drug-likeness (QED) is 0.738. The third-order valence-corrected chi connectivity index (χ3v) is 8.15. The molecular formula is C23H33N5O3S. The number of hydrogen-bond acceptors (Lipinski definition) is 6. The Morgan fingerprint density at radius 2 is 1.72 bits per heavy atom. The van der Waals surface area contributed by atoms with Crippen LogP contribution in [-0.4, -0.2) is 73.2 Å². The van der Waals surface area contributed by atoms with Gasteiger partial charge in [0.15, 0.2) is 9.84 Å². The van der Waals surface area contributed by atoms with Crippen LogP contribution in [0, 0.1) is 27.7 Å². The van der Waals surface area contributed by atoms with Crippen molar-refractivity contribution in [2.24, 2.45) is 0 Å². The predicted octanol–water partition coefficient (Wildman–Crippen LogP) is 2.24. The number of anilines is 2. The summed E-state index contributed by atoms with van der Waals surface area (Å²) in [6.45, 7) is 11.7. The number of aryl methyl sites for hydroxylation is 3. The molecule has 8 nitrogen and oxygen atoms in total. The number of aromatic nitrogens is 2. The molecule has 2 aliphatic heterocycles. The second kappa shape index (κ2) is 8.86. The summed E-state index contributed by atoms with van der Waals surface area (Å²) in [5.74, 6) is 0.428. The van der Waals surface area contributed by atoms with Gasteiger partial charge in [0.25, 0.3) is 0 Å². The van der Waals surface area contributed by atoms with Crippen LogP contribution in [0.1, 0.15) is 35.0 Å². The molecule has 1 amide bonds. The lowest BCUT2D eigenvalue weighted by Gasteiger charge is -2.36. The molecule has 2 fully saturated rings. The second-order valence-electron chi connectivity index (χ2n) is 9.21. The van der Waals surface area contributed by atoms with Crippen LogP contribution in [0.25, 0.3) is 0 Å². The summed E-state index contributed by atoms with van der Waals surface area (Å²) >= 11 is 0. The van der Waals surface area contributed by atoms with Crippen LogP contribution in [0.4, 0.5) is 11.4 Å². The van der Waals surface area contributed by atoms with Gasteiger partial charge in [-0.2, -0.15) is 5.10 Å². The van der Waals surface area contributed by atoms with Gasteiger partial charge in [0.1, 0.15) is 0 Å². The van der Waals surface area contributed by atoms with E-state index in [1.807, 2.05) is 44.5 Å². The van der Waals surface area contributed by atoms with E-state index in [-0.39, 0.29) is 23.5 Å². The first kappa shape index (κ1) is 22.8. The first-order valence-corrected chi connectivity index (χ1v) is 13.0. The van der Waals surface area contributed by atoms with Crippen LogP contribution < -0.4 is 10.2 Å². The number of rotatable bonds is 5. The molecule has 2 aromatic rings. The Hall–Kier alpha value is -2.39. The summed E-state index contributed by atoms with van der Waals surface area (Å²) in [6.07, 6.45) is 0.632. The van der Waals surface area contributed by atoms with Crippen molar-refractivity contribution in [1.29, 1.82) is 0 Å². The van der Waals surface area contributed by atoms with Crippen LogP contribution in [0.2, 0.25) is 0 Å². The number of hydrogen-bond donors (Lipinski definition) is 1. The number of nitrogens with one attached hydrogen (secondary N) is 1. The minimum absolute atomic E-state index is 0.00562. The second-order valence-corrected chi connectivity index (χ2v) is 11.4. The third-order valence-electron chi connectivity index (χ3n) is 6.40. The first-order valence-electron chi connectivity index (χ1n) is 11.2. The average molecular weight is 460 g/mol. The van der Waals surface area contributed by atoms with Gasteiger partial charge in [-0.15, -0.1) is 0 Å². The zero-order valence-electron chi connectivity index (χ0n) is 19.4. The van der Waals surface area contributed by atoms with Gasteiger partial charge in [0, 0.05) is 31.9 Å². The molecule has 3 heterocycles. The number of piperazine rings is 1. The topological polar surface area (TPSA) is 87.5 Å². The zero-order chi connectivity index (χ0) is 23.0. The summed E-state index contributed by atoms with van der Waals surface area (Å²) in [6, 6.07) is 6.00. The SMILES string of the molecule is Cc1cc(C)cc(NC(=O)CN2CCN(c3c(C)nn(C4CCS(=O)(=O)C4)c3C)CC2)c1. The molecule has 9 heteroatoms. The highest BCUT2D eigenvalue weighted by atomic mass is 32.2. The molecule has 1 atom stereocenters.